The fourth-order valence-electron chi connectivity index (χ4n) is 3.42. The van der Waals surface area contributed by atoms with E-state index in [1.807, 2.05) is 22.9 Å². The van der Waals surface area contributed by atoms with Crippen molar-refractivity contribution in [3.63, 3.8) is 0 Å². The highest BCUT2D eigenvalue weighted by atomic mass is 16.5. The van der Waals surface area contributed by atoms with Crippen molar-refractivity contribution in [3.05, 3.63) is 30.6 Å². The normalized spacial score (nSPS) is 17.2. The van der Waals surface area contributed by atoms with E-state index in [2.05, 4.69) is 10.1 Å². The second-order valence-electron chi connectivity index (χ2n) is 8.21. The second kappa shape index (κ2) is 9.87. The highest BCUT2D eigenvalue weighted by Gasteiger charge is 2.26. The van der Waals surface area contributed by atoms with Crippen molar-refractivity contribution in [1.82, 2.24) is 14.8 Å². The van der Waals surface area contributed by atoms with Crippen molar-refractivity contribution in [3.8, 4) is 17.1 Å². The van der Waals surface area contributed by atoms with Gasteiger partial charge in [0, 0.05) is 12.8 Å². The van der Waals surface area contributed by atoms with Gasteiger partial charge in [0.2, 0.25) is 0 Å². The standard InChI is InChI=1S/C22H31N3O4/c1-22(2,21(26)27)12-5-3-6-14-28-17-9-10-18(23-16-17)19-11-13-24-25(19)20-8-4-7-15-29-20/h9-11,13,16,20H,3-8,12,14-15H2,1-2H3,(H,26,27). The second-order valence-corrected chi connectivity index (χ2v) is 8.21. The quantitative estimate of drug-likeness (QED) is 0.581. The molecule has 1 fully saturated rings. The summed E-state index contributed by atoms with van der Waals surface area (Å²) in [6.07, 6.45) is 10.1. The molecule has 29 heavy (non-hydrogen) atoms. The summed E-state index contributed by atoms with van der Waals surface area (Å²) in [6.45, 7) is 4.91. The fourth-order valence-corrected chi connectivity index (χ4v) is 3.42. The van der Waals surface area contributed by atoms with E-state index < -0.39 is 11.4 Å². The lowest BCUT2D eigenvalue weighted by Crippen LogP contribution is -2.23. The van der Waals surface area contributed by atoms with Crippen LogP contribution in [0.2, 0.25) is 0 Å². The predicted molar refractivity (Wildman–Crippen MR) is 110 cm³/mol. The molecule has 1 saturated heterocycles. The number of ether oxygens (including phenoxy) is 2. The van der Waals surface area contributed by atoms with Crippen LogP contribution < -0.4 is 4.74 Å². The SMILES string of the molecule is CC(C)(CCCCCOc1ccc(-c2ccnn2C2CCCCO2)nc1)C(=O)O. The number of carboxylic acid groups (broad SMARTS) is 1. The number of carboxylic acids is 1. The number of pyridine rings is 1. The predicted octanol–water partition coefficient (Wildman–Crippen LogP) is 4.69. The summed E-state index contributed by atoms with van der Waals surface area (Å²) < 4.78 is 13.5. The molecule has 7 nitrogen and oxygen atoms in total. The van der Waals surface area contributed by atoms with Gasteiger partial charge < -0.3 is 14.6 Å². The Kier molecular flexibility index (Phi) is 7.25. The van der Waals surface area contributed by atoms with E-state index >= 15 is 0 Å². The Morgan fingerprint density at radius 2 is 2.14 bits per heavy atom. The molecule has 0 bridgehead atoms. The van der Waals surface area contributed by atoms with Gasteiger partial charge in [-0.3, -0.25) is 9.78 Å². The molecule has 0 radical (unpaired) electrons. The minimum Gasteiger partial charge on any atom is -0.492 e. The summed E-state index contributed by atoms with van der Waals surface area (Å²) in [5.74, 6) is -0.00379. The van der Waals surface area contributed by atoms with Crippen molar-refractivity contribution in [1.29, 1.82) is 0 Å². The van der Waals surface area contributed by atoms with Crippen LogP contribution in [-0.2, 0) is 9.53 Å². The molecule has 1 atom stereocenters. The van der Waals surface area contributed by atoms with Gasteiger partial charge in [-0.05, 0) is 64.2 Å². The zero-order chi connectivity index (χ0) is 20.7. The third kappa shape index (κ3) is 5.79. The number of unbranched alkanes of at least 4 members (excludes halogenated alkanes) is 2. The van der Waals surface area contributed by atoms with E-state index in [1.165, 1.54) is 0 Å². The van der Waals surface area contributed by atoms with Crippen molar-refractivity contribution in [2.75, 3.05) is 13.2 Å². The lowest BCUT2D eigenvalue weighted by molar-refractivity contribution is -0.147. The van der Waals surface area contributed by atoms with Gasteiger partial charge in [-0.25, -0.2) is 4.68 Å². The van der Waals surface area contributed by atoms with Gasteiger partial charge in [0.15, 0.2) is 6.23 Å². The number of rotatable bonds is 10. The summed E-state index contributed by atoms with van der Waals surface area (Å²) in [5, 5.41) is 13.6. The van der Waals surface area contributed by atoms with Gasteiger partial charge in [-0.1, -0.05) is 12.8 Å². The molecule has 1 aliphatic heterocycles. The van der Waals surface area contributed by atoms with Gasteiger partial charge in [0.25, 0.3) is 0 Å². The molecule has 0 amide bonds. The molecule has 7 heteroatoms. The Bertz CT molecular complexity index is 780. The van der Waals surface area contributed by atoms with E-state index in [1.54, 1.807) is 26.2 Å². The topological polar surface area (TPSA) is 86.5 Å². The van der Waals surface area contributed by atoms with Crippen LogP contribution in [0.15, 0.2) is 30.6 Å². The maximum Gasteiger partial charge on any atom is 0.309 e. The van der Waals surface area contributed by atoms with Crippen molar-refractivity contribution < 1.29 is 19.4 Å². The molecule has 3 heterocycles. The van der Waals surface area contributed by atoms with Crippen molar-refractivity contribution in [2.45, 2.75) is 65.0 Å². The molecular weight excluding hydrogens is 370 g/mol. The number of nitrogens with zero attached hydrogens (tertiary/aromatic N) is 3. The maximum atomic E-state index is 11.1. The molecule has 0 spiro atoms. The Balaban J connectivity index is 1.45. The first-order chi connectivity index (χ1) is 14.0. The summed E-state index contributed by atoms with van der Waals surface area (Å²) in [5.41, 5.74) is 1.14. The van der Waals surface area contributed by atoms with Crippen LogP contribution in [0.5, 0.6) is 5.75 Å². The molecule has 1 N–H and O–H groups in total. The summed E-state index contributed by atoms with van der Waals surface area (Å²) in [7, 11) is 0. The van der Waals surface area contributed by atoms with Crippen LogP contribution >= 0.6 is 0 Å². The van der Waals surface area contributed by atoms with Crippen LogP contribution in [0, 0.1) is 5.41 Å². The van der Waals surface area contributed by atoms with Crippen molar-refractivity contribution in [2.24, 2.45) is 5.41 Å². The summed E-state index contributed by atoms with van der Waals surface area (Å²) in [4.78, 5) is 15.6. The Morgan fingerprint density at radius 3 is 2.83 bits per heavy atom. The first-order valence-electron chi connectivity index (χ1n) is 10.4. The minimum atomic E-state index is -0.740. The molecule has 0 aromatic carbocycles. The zero-order valence-corrected chi connectivity index (χ0v) is 17.3. The number of hydrogen-bond donors (Lipinski definition) is 1. The monoisotopic (exact) mass is 401 g/mol. The molecule has 0 saturated carbocycles. The van der Waals surface area contributed by atoms with E-state index in [9.17, 15) is 4.79 Å². The number of aromatic nitrogens is 3. The number of hydrogen-bond acceptors (Lipinski definition) is 5. The minimum absolute atomic E-state index is 0.0161. The average Bonchev–Trinajstić information content (AvgIpc) is 3.21. The summed E-state index contributed by atoms with van der Waals surface area (Å²) in [6, 6.07) is 5.83. The maximum absolute atomic E-state index is 11.1. The van der Waals surface area contributed by atoms with Crippen LogP contribution in [-0.4, -0.2) is 39.1 Å². The van der Waals surface area contributed by atoms with Gasteiger partial charge in [0.05, 0.1) is 29.6 Å². The zero-order valence-electron chi connectivity index (χ0n) is 17.3. The smallest absolute Gasteiger partial charge is 0.309 e. The highest BCUT2D eigenvalue weighted by Crippen LogP contribution is 2.28. The number of carbonyl (C=O) groups is 1. The van der Waals surface area contributed by atoms with Gasteiger partial charge in [-0.15, -0.1) is 0 Å². The van der Waals surface area contributed by atoms with Gasteiger partial charge in [-0.2, -0.15) is 5.10 Å². The molecule has 3 rings (SSSR count). The van der Waals surface area contributed by atoms with E-state index in [4.69, 9.17) is 14.6 Å². The molecular formula is C22H31N3O4. The van der Waals surface area contributed by atoms with Crippen molar-refractivity contribution >= 4 is 5.97 Å². The Labute approximate surface area is 172 Å². The average molecular weight is 402 g/mol. The molecule has 2 aromatic rings. The number of aliphatic carboxylic acids is 1. The third-order valence-electron chi connectivity index (χ3n) is 5.39. The Hall–Kier alpha value is -2.41. The van der Waals surface area contributed by atoms with E-state index in [0.29, 0.717) is 13.0 Å². The summed E-state index contributed by atoms with van der Waals surface area (Å²) >= 11 is 0. The lowest BCUT2D eigenvalue weighted by atomic mass is 9.87. The van der Waals surface area contributed by atoms with E-state index in [-0.39, 0.29) is 6.23 Å². The Morgan fingerprint density at radius 1 is 1.28 bits per heavy atom. The molecule has 0 aliphatic carbocycles. The van der Waals surface area contributed by atoms with Crippen LogP contribution in [0.25, 0.3) is 11.4 Å². The van der Waals surface area contributed by atoms with Gasteiger partial charge in [0.1, 0.15) is 5.75 Å². The lowest BCUT2D eigenvalue weighted by Gasteiger charge is -2.24. The molecule has 1 unspecified atom stereocenters. The third-order valence-corrected chi connectivity index (χ3v) is 5.39. The molecule has 158 valence electrons. The largest absolute Gasteiger partial charge is 0.492 e. The molecule has 1 aliphatic rings. The van der Waals surface area contributed by atoms with Crippen LogP contribution in [0.3, 0.4) is 0 Å². The molecule has 2 aromatic heterocycles. The first kappa shape index (κ1) is 21.3. The van der Waals surface area contributed by atoms with Crippen LogP contribution in [0.1, 0.15) is 65.0 Å². The first-order valence-corrected chi connectivity index (χ1v) is 10.4. The van der Waals surface area contributed by atoms with Gasteiger partial charge >= 0.3 is 5.97 Å². The van der Waals surface area contributed by atoms with E-state index in [0.717, 1.165) is 62.3 Å². The van der Waals surface area contributed by atoms with Crippen LogP contribution in [0.4, 0.5) is 0 Å². The fraction of sp³-hybridized carbons (Fsp3) is 0.591. The highest BCUT2D eigenvalue weighted by molar-refractivity contribution is 5.73.